The Kier molecular flexibility index (Phi) is 13.1. The number of nitrogens with one attached hydrogen (secondary N) is 1. The molecule has 0 heterocycles. The molecule has 12 nitrogen and oxygen atoms in total. The van der Waals surface area contributed by atoms with E-state index in [-0.39, 0.29) is 24.7 Å². The summed E-state index contributed by atoms with van der Waals surface area (Å²) in [5.41, 5.74) is 5.60. The highest BCUT2D eigenvalue weighted by Crippen LogP contribution is 2.20. The number of hydrogen-bond donors (Lipinski definition) is 2. The first-order valence-electron chi connectivity index (χ1n) is 12.2. The predicted octanol–water partition coefficient (Wildman–Crippen LogP) is 2.87. The molecule has 0 aliphatic heterocycles. The number of ether oxygens (including phenoxy) is 2. The molecule has 0 bridgehead atoms. The average molecular weight is 522 g/mol. The molecule has 0 aliphatic carbocycles. The van der Waals surface area contributed by atoms with Crippen LogP contribution in [0.15, 0.2) is 35.4 Å². The van der Waals surface area contributed by atoms with Gasteiger partial charge in [0, 0.05) is 26.4 Å². The number of carbonyl (C=O) groups is 3. The topological polar surface area (TPSA) is 166 Å². The van der Waals surface area contributed by atoms with Crippen LogP contribution in [0.2, 0.25) is 0 Å². The fraction of sp³-hybridized carbons (Fsp3) is 0.600. The number of nitrogens with two attached hydrogens (primary N) is 1. The molecule has 0 saturated carbocycles. The number of benzene rings is 1. The van der Waals surface area contributed by atoms with Crippen molar-refractivity contribution in [3.63, 3.8) is 0 Å². The van der Waals surface area contributed by atoms with Crippen molar-refractivity contribution in [1.82, 2.24) is 10.2 Å². The van der Waals surface area contributed by atoms with Crippen LogP contribution in [0.5, 0.6) is 0 Å². The number of likely N-dealkylation sites (N-methyl/N-ethyl adjacent to an activating group) is 1. The Morgan fingerprint density at radius 3 is 2.35 bits per heavy atom. The number of amides is 1. The molecule has 37 heavy (non-hydrogen) atoms. The van der Waals surface area contributed by atoms with Crippen molar-refractivity contribution in [2.75, 3.05) is 20.7 Å². The van der Waals surface area contributed by atoms with E-state index < -0.39 is 34.7 Å². The number of ketones is 1. The molecule has 0 radical (unpaired) electrons. The van der Waals surface area contributed by atoms with Gasteiger partial charge in [0.2, 0.25) is 0 Å². The fourth-order valence-corrected chi connectivity index (χ4v) is 3.69. The van der Waals surface area contributed by atoms with Crippen LogP contribution in [0.1, 0.15) is 58.4 Å². The molecular formula is C25H39N5O7. The number of hydrogen-bond acceptors (Lipinski definition) is 7. The molecule has 1 rings (SSSR count). The second-order valence-electron chi connectivity index (χ2n) is 9.67. The number of rotatable bonds is 14. The molecule has 1 amide bonds. The molecule has 0 aromatic heterocycles. The molecule has 2 atom stereocenters. The van der Waals surface area contributed by atoms with Gasteiger partial charge >= 0.3 is 12.1 Å². The van der Waals surface area contributed by atoms with Crippen LogP contribution in [0.25, 0.3) is 0 Å². The lowest BCUT2D eigenvalue weighted by Crippen LogP contribution is -2.46. The van der Waals surface area contributed by atoms with E-state index in [1.807, 2.05) is 30.3 Å². The van der Waals surface area contributed by atoms with E-state index in [1.165, 1.54) is 12.0 Å². The van der Waals surface area contributed by atoms with Gasteiger partial charge in [-0.2, -0.15) is 0 Å². The first-order chi connectivity index (χ1) is 17.3. The monoisotopic (exact) mass is 521 g/mol. The van der Waals surface area contributed by atoms with Crippen LogP contribution in [0.3, 0.4) is 0 Å². The Bertz CT molecular complexity index is 931. The maximum Gasteiger partial charge on any atom is 0.410 e. The van der Waals surface area contributed by atoms with Crippen molar-refractivity contribution in [2.24, 2.45) is 16.8 Å². The lowest BCUT2D eigenvalue weighted by Gasteiger charge is -2.30. The van der Waals surface area contributed by atoms with E-state index in [4.69, 9.17) is 15.2 Å². The van der Waals surface area contributed by atoms with E-state index in [1.54, 1.807) is 27.8 Å². The van der Waals surface area contributed by atoms with Crippen molar-refractivity contribution >= 4 is 23.8 Å². The minimum absolute atomic E-state index is 0.133. The Labute approximate surface area is 217 Å². The molecular weight excluding hydrogens is 482 g/mol. The second kappa shape index (κ2) is 15.4. The Hall–Kier alpha value is -3.70. The van der Waals surface area contributed by atoms with E-state index in [0.717, 1.165) is 5.56 Å². The summed E-state index contributed by atoms with van der Waals surface area (Å²) in [4.78, 5) is 49.8. The molecule has 0 saturated heterocycles. The molecule has 1 aromatic carbocycles. The molecule has 1 aromatic rings. The van der Waals surface area contributed by atoms with Gasteiger partial charge in [0.25, 0.3) is 5.96 Å². The van der Waals surface area contributed by atoms with Gasteiger partial charge in [-0.05, 0) is 52.0 Å². The number of methoxy groups -OCH3 is 1. The smallest absolute Gasteiger partial charge is 0.410 e. The molecule has 0 aliphatic rings. The summed E-state index contributed by atoms with van der Waals surface area (Å²) in [6.45, 7) is 5.57. The minimum Gasteiger partial charge on any atom is -0.469 e. The van der Waals surface area contributed by atoms with Crippen LogP contribution >= 0.6 is 0 Å². The molecule has 12 heteroatoms. The zero-order chi connectivity index (χ0) is 28.0. The maximum atomic E-state index is 13.2. The summed E-state index contributed by atoms with van der Waals surface area (Å²) >= 11 is 0. The largest absolute Gasteiger partial charge is 0.469 e. The first-order valence-corrected chi connectivity index (χ1v) is 12.2. The van der Waals surface area contributed by atoms with Crippen LogP contribution in [0.4, 0.5) is 4.79 Å². The highest BCUT2D eigenvalue weighted by Gasteiger charge is 2.30. The summed E-state index contributed by atoms with van der Waals surface area (Å²) in [5, 5.41) is 15.0. The van der Waals surface area contributed by atoms with E-state index >= 15 is 0 Å². The van der Waals surface area contributed by atoms with Gasteiger partial charge < -0.3 is 25.4 Å². The lowest BCUT2D eigenvalue weighted by molar-refractivity contribution is -0.485. The summed E-state index contributed by atoms with van der Waals surface area (Å²) < 4.78 is 10.4. The predicted molar refractivity (Wildman–Crippen MR) is 138 cm³/mol. The third kappa shape index (κ3) is 12.7. The first kappa shape index (κ1) is 31.3. The number of nitrogens with zero attached hydrogens (tertiary/aromatic N) is 3. The third-order valence-corrected chi connectivity index (χ3v) is 5.53. The molecule has 0 unspecified atom stereocenters. The van der Waals surface area contributed by atoms with Crippen LogP contribution in [-0.2, 0) is 25.5 Å². The minimum atomic E-state index is -0.901. The van der Waals surface area contributed by atoms with Gasteiger partial charge in [0.15, 0.2) is 10.8 Å². The third-order valence-electron chi connectivity index (χ3n) is 5.53. The van der Waals surface area contributed by atoms with Crippen molar-refractivity contribution in [2.45, 2.75) is 70.9 Å². The zero-order valence-electron chi connectivity index (χ0n) is 22.3. The van der Waals surface area contributed by atoms with Crippen LogP contribution in [0, 0.1) is 16.0 Å². The standard InChI is InChI=1S/C25H39N5O7/c1-25(2,3)37-24(33)29(4)20(17-18-11-7-6-8-12-18)21(31)15-9-13-19(22(32)36-5)14-10-16-27-23(26)28-30(34)35/h6-8,11-12,19-20H,9-10,13-17H2,1-5H3,(H3,26,27,28)/t19-,20+/m0/s1. The van der Waals surface area contributed by atoms with Gasteiger partial charge in [-0.1, -0.05) is 30.3 Å². The average Bonchev–Trinajstić information content (AvgIpc) is 2.82. The van der Waals surface area contributed by atoms with E-state index in [0.29, 0.717) is 32.1 Å². The van der Waals surface area contributed by atoms with Gasteiger partial charge in [0.1, 0.15) is 10.7 Å². The number of guanidine groups is 1. The van der Waals surface area contributed by atoms with Crippen LogP contribution in [-0.4, -0.2) is 66.1 Å². The number of esters is 1. The molecule has 206 valence electrons. The number of carbonyl (C=O) groups excluding carboxylic acids is 3. The zero-order valence-corrected chi connectivity index (χ0v) is 22.3. The van der Waals surface area contributed by atoms with Gasteiger partial charge in [-0.3, -0.25) is 9.59 Å². The Morgan fingerprint density at radius 2 is 1.78 bits per heavy atom. The highest BCUT2D eigenvalue weighted by molar-refractivity contribution is 5.87. The SMILES string of the molecule is COC(=O)[C@H](CCCN/C(N)=N/[N+](=O)[O-])CCCC(=O)[C@@H](Cc1ccccc1)N(C)C(=O)OC(C)(C)C. The fourth-order valence-electron chi connectivity index (χ4n) is 3.69. The molecule has 3 N–H and O–H groups in total. The normalized spacial score (nSPS) is 13.3. The Balaban J connectivity index is 2.77. The molecule has 0 spiro atoms. The van der Waals surface area contributed by atoms with Crippen molar-refractivity contribution in [1.29, 1.82) is 0 Å². The summed E-state index contributed by atoms with van der Waals surface area (Å²) in [5.74, 6) is -1.30. The van der Waals surface area contributed by atoms with E-state index in [9.17, 15) is 24.5 Å². The highest BCUT2D eigenvalue weighted by atomic mass is 16.7. The van der Waals surface area contributed by atoms with E-state index in [2.05, 4.69) is 10.4 Å². The van der Waals surface area contributed by atoms with Crippen molar-refractivity contribution in [3.8, 4) is 0 Å². The number of hydrazone groups is 1. The quantitative estimate of drug-likeness (QED) is 0.0934. The number of Topliss-reactive ketones (excluding diaryl/α,β-unsaturated/α-hetero) is 1. The molecule has 0 fully saturated rings. The lowest BCUT2D eigenvalue weighted by atomic mass is 9.93. The van der Waals surface area contributed by atoms with Gasteiger partial charge in [-0.25, -0.2) is 14.9 Å². The van der Waals surface area contributed by atoms with Gasteiger partial charge in [0.05, 0.1) is 19.1 Å². The summed E-state index contributed by atoms with van der Waals surface area (Å²) in [7, 11) is 2.85. The van der Waals surface area contributed by atoms with Crippen LogP contribution < -0.4 is 11.1 Å². The maximum absolute atomic E-state index is 13.2. The summed E-state index contributed by atoms with van der Waals surface area (Å²) in [6.07, 6.45) is 1.68. The number of nitro groups is 1. The van der Waals surface area contributed by atoms with Gasteiger partial charge in [-0.15, -0.1) is 0 Å². The van der Waals surface area contributed by atoms with Crippen molar-refractivity contribution in [3.05, 3.63) is 46.0 Å². The Morgan fingerprint density at radius 1 is 1.16 bits per heavy atom. The van der Waals surface area contributed by atoms with Crippen molar-refractivity contribution < 1.29 is 28.9 Å². The summed E-state index contributed by atoms with van der Waals surface area (Å²) in [6, 6.07) is 8.70. The second-order valence-corrected chi connectivity index (χ2v) is 9.67.